The molecule has 2 N–H and O–H groups in total. The Bertz CT molecular complexity index is 961. The van der Waals surface area contributed by atoms with Crippen LogP contribution in [0.4, 0.5) is 17.2 Å². The van der Waals surface area contributed by atoms with Gasteiger partial charge in [-0.15, -0.1) is 0 Å². The fourth-order valence-electron chi connectivity index (χ4n) is 3.56. The zero-order chi connectivity index (χ0) is 20.1. The second-order valence-electron chi connectivity index (χ2n) is 7.41. The van der Waals surface area contributed by atoms with E-state index in [-0.39, 0.29) is 5.91 Å². The third-order valence-electron chi connectivity index (χ3n) is 5.34. The van der Waals surface area contributed by atoms with Crippen molar-refractivity contribution in [3.8, 4) is 0 Å². The molecule has 1 aliphatic heterocycles. The van der Waals surface area contributed by atoms with E-state index < -0.39 is 0 Å². The predicted octanol–water partition coefficient (Wildman–Crippen LogP) is 4.85. The molecule has 0 unspecified atom stereocenters. The van der Waals surface area contributed by atoms with Crippen LogP contribution in [0.1, 0.15) is 34.3 Å². The summed E-state index contributed by atoms with van der Waals surface area (Å²) in [7, 11) is 0. The Kier molecular flexibility index (Phi) is 5.75. The van der Waals surface area contributed by atoms with E-state index >= 15 is 0 Å². The Balaban J connectivity index is 1.33. The second-order valence-corrected chi connectivity index (χ2v) is 7.41. The molecule has 4 rings (SSSR count). The SMILES string of the molecule is Cc1ccccc1CNc1ccc(C(=O)Nc2ccc(N3CCCC3)cc2)cn1. The van der Waals surface area contributed by atoms with Gasteiger partial charge < -0.3 is 15.5 Å². The topological polar surface area (TPSA) is 57.3 Å². The van der Waals surface area contributed by atoms with Gasteiger partial charge in [0.2, 0.25) is 0 Å². The molecule has 0 radical (unpaired) electrons. The molecule has 0 spiro atoms. The number of hydrogen-bond donors (Lipinski definition) is 2. The maximum Gasteiger partial charge on any atom is 0.257 e. The van der Waals surface area contributed by atoms with E-state index in [2.05, 4.69) is 51.7 Å². The first-order valence-electron chi connectivity index (χ1n) is 10.1. The quantitative estimate of drug-likeness (QED) is 0.636. The predicted molar refractivity (Wildman–Crippen MR) is 119 cm³/mol. The third kappa shape index (κ3) is 4.74. The molecule has 1 saturated heterocycles. The molecule has 2 heterocycles. The van der Waals surface area contributed by atoms with E-state index in [4.69, 9.17) is 0 Å². The maximum absolute atomic E-state index is 12.5. The van der Waals surface area contributed by atoms with Crippen LogP contribution in [0, 0.1) is 6.92 Å². The fraction of sp³-hybridized carbons (Fsp3) is 0.250. The lowest BCUT2D eigenvalue weighted by atomic mass is 10.1. The first kappa shape index (κ1) is 19.0. The number of nitrogens with one attached hydrogen (secondary N) is 2. The van der Waals surface area contributed by atoms with E-state index in [0.717, 1.165) is 24.6 Å². The van der Waals surface area contributed by atoms with E-state index in [0.29, 0.717) is 12.1 Å². The van der Waals surface area contributed by atoms with Crippen LogP contribution < -0.4 is 15.5 Å². The molecule has 0 saturated carbocycles. The van der Waals surface area contributed by atoms with Crippen LogP contribution in [-0.2, 0) is 6.54 Å². The molecule has 5 nitrogen and oxygen atoms in total. The van der Waals surface area contributed by atoms with Crippen LogP contribution in [0.2, 0.25) is 0 Å². The van der Waals surface area contributed by atoms with Gasteiger partial charge in [-0.25, -0.2) is 4.98 Å². The summed E-state index contributed by atoms with van der Waals surface area (Å²) in [6, 6.07) is 19.9. The molecular weight excluding hydrogens is 360 g/mol. The minimum Gasteiger partial charge on any atom is -0.372 e. The van der Waals surface area contributed by atoms with Crippen LogP contribution in [0.25, 0.3) is 0 Å². The van der Waals surface area contributed by atoms with Crippen LogP contribution in [0.15, 0.2) is 66.9 Å². The number of pyridine rings is 1. The van der Waals surface area contributed by atoms with E-state index in [1.54, 1.807) is 12.3 Å². The highest BCUT2D eigenvalue weighted by atomic mass is 16.1. The maximum atomic E-state index is 12.5. The number of hydrogen-bond acceptors (Lipinski definition) is 4. The van der Waals surface area contributed by atoms with Gasteiger partial charge in [0.1, 0.15) is 5.82 Å². The van der Waals surface area contributed by atoms with Crippen LogP contribution >= 0.6 is 0 Å². The molecule has 29 heavy (non-hydrogen) atoms. The fourth-order valence-corrected chi connectivity index (χ4v) is 3.56. The normalized spacial score (nSPS) is 13.3. The zero-order valence-electron chi connectivity index (χ0n) is 16.7. The number of benzene rings is 2. The highest BCUT2D eigenvalue weighted by Gasteiger charge is 2.12. The first-order valence-corrected chi connectivity index (χ1v) is 10.1. The summed E-state index contributed by atoms with van der Waals surface area (Å²) in [6.45, 7) is 5.02. The van der Waals surface area contributed by atoms with Crippen LogP contribution in [-0.4, -0.2) is 24.0 Å². The highest BCUT2D eigenvalue weighted by Crippen LogP contribution is 2.22. The lowest BCUT2D eigenvalue weighted by Crippen LogP contribution is -2.17. The van der Waals surface area contributed by atoms with Gasteiger partial charge in [-0.3, -0.25) is 4.79 Å². The molecule has 1 aliphatic rings. The molecule has 0 aliphatic carbocycles. The molecule has 1 amide bonds. The summed E-state index contributed by atoms with van der Waals surface area (Å²) in [6.07, 6.45) is 4.11. The zero-order valence-corrected chi connectivity index (χ0v) is 16.7. The molecule has 3 aromatic rings. The summed E-state index contributed by atoms with van der Waals surface area (Å²) in [5, 5.41) is 6.25. The molecular formula is C24H26N4O. The van der Waals surface area contributed by atoms with Gasteiger partial charge in [-0.1, -0.05) is 24.3 Å². The Labute approximate surface area is 171 Å². The monoisotopic (exact) mass is 386 g/mol. The van der Waals surface area contributed by atoms with Crippen molar-refractivity contribution in [3.05, 3.63) is 83.6 Å². The molecule has 148 valence electrons. The van der Waals surface area contributed by atoms with Gasteiger partial charge in [-0.05, 0) is 67.3 Å². The van der Waals surface area contributed by atoms with Gasteiger partial charge in [0.05, 0.1) is 5.56 Å². The third-order valence-corrected chi connectivity index (χ3v) is 5.34. The molecule has 0 bridgehead atoms. The number of carbonyl (C=O) groups is 1. The van der Waals surface area contributed by atoms with Crippen molar-refractivity contribution >= 4 is 23.1 Å². The molecule has 5 heteroatoms. The Morgan fingerprint density at radius 1 is 1.00 bits per heavy atom. The lowest BCUT2D eigenvalue weighted by molar-refractivity contribution is 0.102. The number of aryl methyl sites for hydroxylation is 1. The second kappa shape index (κ2) is 8.78. The van der Waals surface area contributed by atoms with E-state index in [1.807, 2.05) is 30.3 Å². The summed E-state index contributed by atoms with van der Waals surface area (Å²) in [5.74, 6) is 0.594. The molecule has 0 atom stereocenters. The Morgan fingerprint density at radius 3 is 2.45 bits per heavy atom. The van der Waals surface area contributed by atoms with Gasteiger partial charge in [0.15, 0.2) is 0 Å². The van der Waals surface area contributed by atoms with Crippen molar-refractivity contribution in [1.29, 1.82) is 0 Å². The summed E-state index contributed by atoms with van der Waals surface area (Å²) in [5.41, 5.74) is 5.02. The van der Waals surface area contributed by atoms with Crippen LogP contribution in [0.3, 0.4) is 0 Å². The number of carbonyl (C=O) groups excluding carboxylic acids is 1. The van der Waals surface area contributed by atoms with Crippen LogP contribution in [0.5, 0.6) is 0 Å². The lowest BCUT2D eigenvalue weighted by Gasteiger charge is -2.17. The minimum absolute atomic E-state index is 0.156. The molecule has 2 aromatic carbocycles. The van der Waals surface area contributed by atoms with Gasteiger partial charge >= 0.3 is 0 Å². The Hall–Kier alpha value is -3.34. The number of rotatable bonds is 6. The largest absolute Gasteiger partial charge is 0.372 e. The van der Waals surface area contributed by atoms with Gasteiger partial charge in [0, 0.05) is 37.2 Å². The van der Waals surface area contributed by atoms with Crippen molar-refractivity contribution in [2.24, 2.45) is 0 Å². The van der Waals surface area contributed by atoms with Crippen molar-refractivity contribution in [3.63, 3.8) is 0 Å². The minimum atomic E-state index is -0.156. The van der Waals surface area contributed by atoms with E-state index in [1.165, 1.54) is 29.7 Å². The number of nitrogens with zero attached hydrogens (tertiary/aromatic N) is 2. The number of aromatic nitrogens is 1. The summed E-state index contributed by atoms with van der Waals surface area (Å²) in [4.78, 5) is 19.3. The van der Waals surface area contributed by atoms with Crippen molar-refractivity contribution in [2.45, 2.75) is 26.3 Å². The van der Waals surface area contributed by atoms with Crippen molar-refractivity contribution < 1.29 is 4.79 Å². The summed E-state index contributed by atoms with van der Waals surface area (Å²) >= 11 is 0. The van der Waals surface area contributed by atoms with Gasteiger partial charge in [-0.2, -0.15) is 0 Å². The highest BCUT2D eigenvalue weighted by molar-refractivity contribution is 6.04. The van der Waals surface area contributed by atoms with Gasteiger partial charge in [0.25, 0.3) is 5.91 Å². The first-order chi connectivity index (χ1) is 14.2. The standard InChI is InChI=1S/C24H26N4O/c1-18-6-2-3-7-19(18)16-25-23-13-8-20(17-26-23)24(29)27-21-9-11-22(12-10-21)28-14-4-5-15-28/h2-3,6-13,17H,4-5,14-16H2,1H3,(H,25,26)(H,27,29). The average Bonchev–Trinajstić information content (AvgIpc) is 3.29. The number of anilines is 3. The van der Waals surface area contributed by atoms with Crippen molar-refractivity contribution in [2.75, 3.05) is 28.6 Å². The number of amides is 1. The van der Waals surface area contributed by atoms with E-state index in [9.17, 15) is 4.79 Å². The summed E-state index contributed by atoms with van der Waals surface area (Å²) < 4.78 is 0. The molecule has 1 aromatic heterocycles. The Morgan fingerprint density at radius 2 is 1.76 bits per heavy atom. The molecule has 1 fully saturated rings. The average molecular weight is 386 g/mol. The van der Waals surface area contributed by atoms with Crippen molar-refractivity contribution in [1.82, 2.24) is 4.98 Å². The smallest absolute Gasteiger partial charge is 0.257 e.